The molecule has 2 aliphatic rings. The molecule has 3 heterocycles. The highest BCUT2D eigenvalue weighted by atomic mass is 32.1. The van der Waals surface area contributed by atoms with E-state index >= 15 is 0 Å². The molecule has 1 aromatic carbocycles. The van der Waals surface area contributed by atoms with Gasteiger partial charge in [0.2, 0.25) is 11.0 Å². The van der Waals surface area contributed by atoms with E-state index in [1.807, 2.05) is 24.3 Å². The molecule has 25 heavy (non-hydrogen) atoms. The number of aromatic nitrogens is 2. The van der Waals surface area contributed by atoms with Gasteiger partial charge in [-0.15, -0.1) is 10.2 Å². The number of amides is 1. The van der Waals surface area contributed by atoms with Gasteiger partial charge in [0, 0.05) is 25.3 Å². The fourth-order valence-corrected chi connectivity index (χ4v) is 3.91. The van der Waals surface area contributed by atoms with Crippen molar-refractivity contribution in [2.45, 2.75) is 25.5 Å². The molecule has 1 atom stereocenters. The normalized spacial score (nSPS) is 20.6. The van der Waals surface area contributed by atoms with E-state index < -0.39 is 0 Å². The van der Waals surface area contributed by atoms with Crippen molar-refractivity contribution in [3.8, 4) is 5.75 Å². The summed E-state index contributed by atoms with van der Waals surface area (Å²) < 4.78 is 11.3. The molecule has 132 valence electrons. The van der Waals surface area contributed by atoms with Gasteiger partial charge in [0.05, 0.1) is 6.54 Å². The average molecular weight is 360 g/mol. The van der Waals surface area contributed by atoms with Crippen molar-refractivity contribution < 1.29 is 14.3 Å². The molecular formula is C17H20N4O3S. The zero-order valence-electron chi connectivity index (χ0n) is 13.8. The van der Waals surface area contributed by atoms with Crippen molar-refractivity contribution in [2.75, 3.05) is 31.6 Å². The van der Waals surface area contributed by atoms with Crippen LogP contribution in [0.1, 0.15) is 29.5 Å². The Morgan fingerprint density at radius 2 is 2.24 bits per heavy atom. The summed E-state index contributed by atoms with van der Waals surface area (Å²) in [7, 11) is 0. The molecule has 1 saturated heterocycles. The zero-order chi connectivity index (χ0) is 17.1. The fraction of sp³-hybridized carbons (Fsp3) is 0.471. The first-order valence-electron chi connectivity index (χ1n) is 8.46. The Labute approximate surface area is 150 Å². The maximum atomic E-state index is 12.3. The molecule has 4 rings (SSSR count). The molecule has 0 saturated carbocycles. The number of hydrogen-bond acceptors (Lipinski definition) is 7. The number of hydrogen-bond donors (Lipinski definition) is 1. The van der Waals surface area contributed by atoms with E-state index in [9.17, 15) is 4.79 Å². The van der Waals surface area contributed by atoms with Crippen molar-refractivity contribution in [2.24, 2.45) is 0 Å². The third kappa shape index (κ3) is 3.97. The van der Waals surface area contributed by atoms with Crippen LogP contribution in [0.4, 0.5) is 5.13 Å². The monoisotopic (exact) mass is 360 g/mol. The van der Waals surface area contributed by atoms with Gasteiger partial charge < -0.3 is 9.47 Å². The molecule has 0 unspecified atom stereocenters. The first-order valence-corrected chi connectivity index (χ1v) is 9.27. The van der Waals surface area contributed by atoms with Crippen molar-refractivity contribution >= 4 is 22.4 Å². The van der Waals surface area contributed by atoms with Crippen molar-refractivity contribution in [1.29, 1.82) is 0 Å². The Kier molecular flexibility index (Phi) is 4.91. The minimum atomic E-state index is -0.0885. The summed E-state index contributed by atoms with van der Waals surface area (Å²) in [5.74, 6) is 0.810. The highest BCUT2D eigenvalue weighted by molar-refractivity contribution is 7.15. The molecule has 1 aromatic heterocycles. The number of nitrogens with zero attached hydrogens (tertiary/aromatic N) is 3. The van der Waals surface area contributed by atoms with Crippen LogP contribution in [0.15, 0.2) is 24.3 Å². The number of benzene rings is 1. The van der Waals surface area contributed by atoms with E-state index in [0.29, 0.717) is 31.4 Å². The predicted octanol–water partition coefficient (Wildman–Crippen LogP) is 2.22. The minimum Gasteiger partial charge on any atom is -0.492 e. The van der Waals surface area contributed by atoms with E-state index in [1.54, 1.807) is 0 Å². The zero-order valence-corrected chi connectivity index (χ0v) is 14.6. The van der Waals surface area contributed by atoms with Gasteiger partial charge in [0.15, 0.2) is 0 Å². The van der Waals surface area contributed by atoms with Crippen LogP contribution >= 0.6 is 11.3 Å². The standard InChI is InChI=1S/C17H20N4O3S/c22-15(18-17-20-19-16(25-17)14-6-3-8-23-14)11-21-7-9-24-13-5-2-1-4-12(13)10-21/h1-2,4-5,14H,3,6-11H2,(H,18,20,22)/t14-/m1/s1. The lowest BCUT2D eigenvalue weighted by atomic mass is 10.2. The maximum absolute atomic E-state index is 12.3. The Bertz CT molecular complexity index is 745. The second-order valence-electron chi connectivity index (χ2n) is 6.16. The van der Waals surface area contributed by atoms with Crippen LogP contribution in [-0.4, -0.2) is 47.3 Å². The molecule has 0 radical (unpaired) electrons. The number of rotatable bonds is 4. The van der Waals surface area contributed by atoms with Crippen LogP contribution < -0.4 is 10.1 Å². The third-order valence-corrected chi connectivity index (χ3v) is 5.22. The molecular weight excluding hydrogens is 340 g/mol. The van der Waals surface area contributed by atoms with Gasteiger partial charge in [0.1, 0.15) is 23.5 Å². The predicted molar refractivity (Wildman–Crippen MR) is 93.7 cm³/mol. The molecule has 0 spiro atoms. The molecule has 2 aromatic rings. The second kappa shape index (κ2) is 7.47. The van der Waals surface area contributed by atoms with E-state index in [2.05, 4.69) is 20.4 Å². The second-order valence-corrected chi connectivity index (χ2v) is 7.17. The lowest BCUT2D eigenvalue weighted by molar-refractivity contribution is -0.117. The third-order valence-electron chi connectivity index (χ3n) is 4.29. The Balaban J connectivity index is 1.34. The number of carbonyl (C=O) groups excluding carboxylic acids is 1. The molecule has 0 bridgehead atoms. The van der Waals surface area contributed by atoms with E-state index in [4.69, 9.17) is 9.47 Å². The lowest BCUT2D eigenvalue weighted by Gasteiger charge is -2.18. The molecule has 8 heteroatoms. The fourth-order valence-electron chi connectivity index (χ4n) is 3.06. The van der Waals surface area contributed by atoms with Gasteiger partial charge in [-0.25, -0.2) is 0 Å². The first-order chi connectivity index (χ1) is 12.3. The van der Waals surface area contributed by atoms with Crippen molar-refractivity contribution in [3.63, 3.8) is 0 Å². The molecule has 2 aliphatic heterocycles. The first kappa shape index (κ1) is 16.4. The van der Waals surface area contributed by atoms with Crippen LogP contribution in [0.25, 0.3) is 0 Å². The number of ether oxygens (including phenoxy) is 2. The molecule has 1 amide bonds. The highest BCUT2D eigenvalue weighted by Gasteiger charge is 2.23. The maximum Gasteiger partial charge on any atom is 0.240 e. The summed E-state index contributed by atoms with van der Waals surface area (Å²) in [6, 6.07) is 7.94. The number of para-hydroxylation sites is 1. The van der Waals surface area contributed by atoms with Gasteiger partial charge >= 0.3 is 0 Å². The summed E-state index contributed by atoms with van der Waals surface area (Å²) in [5.41, 5.74) is 1.10. The molecule has 1 N–H and O–H groups in total. The number of fused-ring (bicyclic) bond motifs is 1. The topological polar surface area (TPSA) is 76.6 Å². The Morgan fingerprint density at radius 1 is 1.32 bits per heavy atom. The minimum absolute atomic E-state index is 0.0300. The van der Waals surface area contributed by atoms with Gasteiger partial charge in [0.25, 0.3) is 0 Å². The molecule has 0 aliphatic carbocycles. The number of nitrogens with one attached hydrogen (secondary N) is 1. The van der Waals surface area contributed by atoms with Gasteiger partial charge in [-0.1, -0.05) is 29.5 Å². The summed E-state index contributed by atoms with van der Waals surface area (Å²) in [6.07, 6.45) is 2.04. The molecule has 1 fully saturated rings. The summed E-state index contributed by atoms with van der Waals surface area (Å²) in [5, 5.41) is 12.4. The quantitative estimate of drug-likeness (QED) is 0.901. The van der Waals surface area contributed by atoms with Crippen LogP contribution in [0.5, 0.6) is 5.75 Å². The van der Waals surface area contributed by atoms with Crippen molar-refractivity contribution in [1.82, 2.24) is 15.1 Å². The van der Waals surface area contributed by atoms with E-state index in [0.717, 1.165) is 35.8 Å². The molecule has 7 nitrogen and oxygen atoms in total. The van der Waals surface area contributed by atoms with E-state index in [1.165, 1.54) is 11.3 Å². The van der Waals surface area contributed by atoms with Crippen LogP contribution in [0.2, 0.25) is 0 Å². The van der Waals surface area contributed by atoms with Gasteiger partial charge in [-0.2, -0.15) is 0 Å². The van der Waals surface area contributed by atoms with Gasteiger partial charge in [-0.05, 0) is 18.9 Å². The number of carbonyl (C=O) groups is 1. The smallest absolute Gasteiger partial charge is 0.240 e. The Morgan fingerprint density at radius 3 is 3.12 bits per heavy atom. The van der Waals surface area contributed by atoms with Crippen LogP contribution in [0.3, 0.4) is 0 Å². The number of anilines is 1. The Hall–Kier alpha value is -2.03. The van der Waals surface area contributed by atoms with Crippen molar-refractivity contribution in [3.05, 3.63) is 34.8 Å². The SMILES string of the molecule is O=C(CN1CCOc2ccccc2C1)Nc1nnc([C@H]2CCCO2)s1. The van der Waals surface area contributed by atoms with Gasteiger partial charge in [-0.3, -0.25) is 15.0 Å². The summed E-state index contributed by atoms with van der Waals surface area (Å²) >= 11 is 1.39. The lowest BCUT2D eigenvalue weighted by Crippen LogP contribution is -2.34. The average Bonchev–Trinajstić information content (AvgIpc) is 3.24. The highest BCUT2D eigenvalue weighted by Crippen LogP contribution is 2.31. The van der Waals surface area contributed by atoms with Crippen LogP contribution in [0, 0.1) is 0 Å². The van der Waals surface area contributed by atoms with E-state index in [-0.39, 0.29) is 12.0 Å². The largest absolute Gasteiger partial charge is 0.492 e. The van der Waals surface area contributed by atoms with Crippen LogP contribution in [-0.2, 0) is 16.1 Å². The summed E-state index contributed by atoms with van der Waals surface area (Å²) in [6.45, 7) is 3.05. The summed E-state index contributed by atoms with van der Waals surface area (Å²) in [4.78, 5) is 14.4.